The third-order valence-electron chi connectivity index (χ3n) is 2.82. The molecular weight excluding hydrogens is 184 g/mol. The van der Waals surface area contributed by atoms with Crippen LogP contribution in [0.3, 0.4) is 0 Å². The quantitative estimate of drug-likeness (QED) is 0.790. The van der Waals surface area contributed by atoms with Crippen molar-refractivity contribution in [3.8, 4) is 0 Å². The summed E-state index contributed by atoms with van der Waals surface area (Å²) in [5, 5.41) is 3.33. The Bertz CT molecular complexity index is 349. The van der Waals surface area contributed by atoms with E-state index in [4.69, 9.17) is 0 Å². The van der Waals surface area contributed by atoms with E-state index >= 15 is 0 Å². The summed E-state index contributed by atoms with van der Waals surface area (Å²) in [6.45, 7) is 2.10. The molecule has 2 nitrogen and oxygen atoms in total. The molecule has 0 amide bonds. The molecule has 0 radical (unpaired) electrons. The Labute approximate surface area is 91.6 Å². The highest BCUT2D eigenvalue weighted by atomic mass is 15.1. The van der Waals surface area contributed by atoms with Crippen LogP contribution in [0.15, 0.2) is 30.3 Å². The van der Waals surface area contributed by atoms with Crippen molar-refractivity contribution in [1.82, 2.24) is 5.32 Å². The van der Waals surface area contributed by atoms with E-state index in [0.29, 0.717) is 0 Å². The predicted molar refractivity (Wildman–Crippen MR) is 66.2 cm³/mol. The minimum atomic E-state index is 1.00. The van der Waals surface area contributed by atoms with Crippen molar-refractivity contribution in [1.29, 1.82) is 0 Å². The molecule has 0 saturated heterocycles. The molecule has 1 aliphatic heterocycles. The number of benzene rings is 1. The molecule has 15 heavy (non-hydrogen) atoms. The van der Waals surface area contributed by atoms with Gasteiger partial charge >= 0.3 is 0 Å². The maximum Gasteiger partial charge on any atom is 0.0361 e. The third kappa shape index (κ3) is 2.39. The highest BCUT2D eigenvalue weighted by molar-refractivity contribution is 5.68. The van der Waals surface area contributed by atoms with Crippen molar-refractivity contribution < 1.29 is 0 Å². The standard InChI is InChI=1S/C13H18N2/c1-15(2)13-5-3-11(4-6-13)12-7-9-14-10-8-12/h3-7,14H,8-10H2,1-2H3. The normalized spacial score (nSPS) is 16.0. The van der Waals surface area contributed by atoms with Crippen LogP contribution in [-0.4, -0.2) is 27.2 Å². The van der Waals surface area contributed by atoms with Gasteiger partial charge in [0.25, 0.3) is 0 Å². The number of nitrogens with zero attached hydrogens (tertiary/aromatic N) is 1. The van der Waals surface area contributed by atoms with Crippen LogP contribution in [0.4, 0.5) is 5.69 Å². The fraction of sp³-hybridized carbons (Fsp3) is 0.385. The Morgan fingerprint density at radius 2 is 1.87 bits per heavy atom. The molecule has 1 N–H and O–H groups in total. The average molecular weight is 202 g/mol. The zero-order valence-electron chi connectivity index (χ0n) is 9.46. The van der Waals surface area contributed by atoms with Crippen molar-refractivity contribution in [2.45, 2.75) is 6.42 Å². The molecular formula is C13H18N2. The maximum absolute atomic E-state index is 3.33. The van der Waals surface area contributed by atoms with Gasteiger partial charge in [-0.05, 0) is 36.2 Å². The van der Waals surface area contributed by atoms with Gasteiger partial charge in [-0.15, -0.1) is 0 Å². The molecule has 0 spiro atoms. The Kier molecular flexibility index (Phi) is 3.07. The summed E-state index contributed by atoms with van der Waals surface area (Å²) in [5.41, 5.74) is 4.09. The summed E-state index contributed by atoms with van der Waals surface area (Å²) in [4.78, 5) is 2.13. The largest absolute Gasteiger partial charge is 0.378 e. The van der Waals surface area contributed by atoms with Crippen molar-refractivity contribution in [3.05, 3.63) is 35.9 Å². The molecule has 1 aromatic carbocycles. The highest BCUT2D eigenvalue weighted by Gasteiger charge is 2.05. The summed E-state index contributed by atoms with van der Waals surface area (Å²) in [6.07, 6.45) is 3.43. The third-order valence-corrected chi connectivity index (χ3v) is 2.82. The summed E-state index contributed by atoms with van der Waals surface area (Å²) in [5.74, 6) is 0. The molecule has 1 heterocycles. The van der Waals surface area contributed by atoms with Crippen LogP contribution in [-0.2, 0) is 0 Å². The highest BCUT2D eigenvalue weighted by Crippen LogP contribution is 2.22. The van der Waals surface area contributed by atoms with Crippen molar-refractivity contribution in [3.63, 3.8) is 0 Å². The van der Waals surface area contributed by atoms with E-state index in [1.165, 1.54) is 16.8 Å². The molecule has 0 bridgehead atoms. The van der Waals surface area contributed by atoms with E-state index < -0.39 is 0 Å². The molecule has 2 heteroatoms. The summed E-state index contributed by atoms with van der Waals surface area (Å²) in [6, 6.07) is 8.79. The van der Waals surface area contributed by atoms with Crippen LogP contribution in [0.2, 0.25) is 0 Å². The van der Waals surface area contributed by atoms with Crippen LogP contribution >= 0.6 is 0 Å². The van der Waals surface area contributed by atoms with Gasteiger partial charge in [0.1, 0.15) is 0 Å². The van der Waals surface area contributed by atoms with E-state index in [2.05, 4.69) is 54.7 Å². The monoisotopic (exact) mass is 202 g/mol. The lowest BCUT2D eigenvalue weighted by atomic mass is 10.00. The Hall–Kier alpha value is -1.28. The van der Waals surface area contributed by atoms with Crippen LogP contribution in [0.5, 0.6) is 0 Å². The van der Waals surface area contributed by atoms with Crippen LogP contribution in [0.25, 0.3) is 5.57 Å². The predicted octanol–water partition coefficient (Wildman–Crippen LogP) is 2.13. The molecule has 1 aromatic rings. The maximum atomic E-state index is 3.33. The second-order valence-corrected chi connectivity index (χ2v) is 4.12. The summed E-state index contributed by atoms with van der Waals surface area (Å²) >= 11 is 0. The summed E-state index contributed by atoms with van der Waals surface area (Å²) < 4.78 is 0. The molecule has 0 atom stereocenters. The van der Waals surface area contributed by atoms with E-state index in [-0.39, 0.29) is 0 Å². The first-order valence-corrected chi connectivity index (χ1v) is 5.45. The molecule has 0 fully saturated rings. The molecule has 80 valence electrons. The smallest absolute Gasteiger partial charge is 0.0361 e. The lowest BCUT2D eigenvalue weighted by Crippen LogP contribution is -2.20. The Morgan fingerprint density at radius 3 is 2.40 bits per heavy atom. The van der Waals surface area contributed by atoms with E-state index in [1.54, 1.807) is 0 Å². The van der Waals surface area contributed by atoms with Gasteiger partial charge in [-0.25, -0.2) is 0 Å². The molecule has 0 unspecified atom stereocenters. The van der Waals surface area contributed by atoms with Gasteiger partial charge in [0.2, 0.25) is 0 Å². The minimum Gasteiger partial charge on any atom is -0.378 e. The first-order chi connectivity index (χ1) is 7.27. The number of rotatable bonds is 2. The van der Waals surface area contributed by atoms with Gasteiger partial charge < -0.3 is 10.2 Å². The van der Waals surface area contributed by atoms with Gasteiger partial charge in [0.05, 0.1) is 0 Å². The van der Waals surface area contributed by atoms with E-state index in [0.717, 1.165) is 19.5 Å². The first-order valence-electron chi connectivity index (χ1n) is 5.45. The number of anilines is 1. The van der Waals surface area contributed by atoms with E-state index in [1.807, 2.05) is 0 Å². The van der Waals surface area contributed by atoms with Gasteiger partial charge in [-0.3, -0.25) is 0 Å². The topological polar surface area (TPSA) is 15.3 Å². The molecule has 2 rings (SSSR count). The fourth-order valence-electron chi connectivity index (χ4n) is 1.86. The minimum absolute atomic E-state index is 1.00. The second-order valence-electron chi connectivity index (χ2n) is 4.12. The fourth-order valence-corrected chi connectivity index (χ4v) is 1.86. The van der Waals surface area contributed by atoms with Crippen LogP contribution < -0.4 is 10.2 Å². The van der Waals surface area contributed by atoms with Gasteiger partial charge in [0, 0.05) is 26.3 Å². The zero-order chi connectivity index (χ0) is 10.7. The molecule has 0 aromatic heterocycles. The van der Waals surface area contributed by atoms with Crippen LogP contribution in [0, 0.1) is 0 Å². The van der Waals surface area contributed by atoms with Gasteiger partial charge in [-0.1, -0.05) is 18.2 Å². The van der Waals surface area contributed by atoms with Crippen molar-refractivity contribution in [2.24, 2.45) is 0 Å². The summed E-state index contributed by atoms with van der Waals surface area (Å²) in [7, 11) is 4.14. The van der Waals surface area contributed by atoms with E-state index in [9.17, 15) is 0 Å². The van der Waals surface area contributed by atoms with Crippen molar-refractivity contribution in [2.75, 3.05) is 32.1 Å². The first kappa shape index (κ1) is 10.2. The average Bonchev–Trinajstić information content (AvgIpc) is 2.30. The molecule has 0 saturated carbocycles. The van der Waals surface area contributed by atoms with Crippen molar-refractivity contribution >= 4 is 11.3 Å². The molecule has 1 aliphatic rings. The second kappa shape index (κ2) is 4.49. The number of nitrogens with one attached hydrogen (secondary N) is 1. The SMILES string of the molecule is CN(C)c1ccc(C2=CCNCC2)cc1. The number of hydrogen-bond donors (Lipinski definition) is 1. The lowest BCUT2D eigenvalue weighted by Gasteiger charge is -2.16. The Balaban J connectivity index is 2.19. The Morgan fingerprint density at radius 1 is 1.13 bits per heavy atom. The molecule has 0 aliphatic carbocycles. The van der Waals surface area contributed by atoms with Gasteiger partial charge in [0.15, 0.2) is 0 Å². The zero-order valence-corrected chi connectivity index (χ0v) is 9.46. The lowest BCUT2D eigenvalue weighted by molar-refractivity contribution is 0.738. The number of hydrogen-bond acceptors (Lipinski definition) is 2. The van der Waals surface area contributed by atoms with Crippen LogP contribution in [0.1, 0.15) is 12.0 Å². The van der Waals surface area contributed by atoms with Gasteiger partial charge in [-0.2, -0.15) is 0 Å².